The van der Waals surface area contributed by atoms with Crippen molar-refractivity contribution in [3.8, 4) is 16.9 Å². The van der Waals surface area contributed by atoms with E-state index in [4.69, 9.17) is 15.2 Å². The number of carbonyl (C=O) groups excluding carboxylic acids is 1. The van der Waals surface area contributed by atoms with Gasteiger partial charge < -0.3 is 20.1 Å². The van der Waals surface area contributed by atoms with E-state index in [1.54, 1.807) is 43.5 Å². The molecule has 0 saturated carbocycles. The predicted molar refractivity (Wildman–Crippen MR) is 150 cm³/mol. The van der Waals surface area contributed by atoms with Gasteiger partial charge in [-0.2, -0.15) is 0 Å². The summed E-state index contributed by atoms with van der Waals surface area (Å²) < 4.78 is 38.0. The van der Waals surface area contributed by atoms with E-state index in [1.807, 2.05) is 30.3 Å². The Morgan fingerprint density at radius 3 is 2.42 bits per heavy atom. The van der Waals surface area contributed by atoms with E-state index in [-0.39, 0.29) is 5.82 Å². The molecule has 1 saturated heterocycles. The third kappa shape index (κ3) is 5.93. The Hall–Kier alpha value is -3.20. The van der Waals surface area contributed by atoms with E-state index in [0.717, 1.165) is 17.7 Å². The van der Waals surface area contributed by atoms with Crippen LogP contribution in [0.25, 0.3) is 11.1 Å². The van der Waals surface area contributed by atoms with Crippen LogP contribution in [0.1, 0.15) is 18.4 Å². The fraction of sp³-hybridized carbons (Fsp3) is 0.333. The SMILES string of the molecule is C=S(=O)(c1ccc(OCCc2cccc(-c3ccccc3F)c2)cc1)C1(C(N)=O)CCN(CCOC)CC1. The zero-order valence-corrected chi connectivity index (χ0v) is 22.6. The Kier molecular flexibility index (Phi) is 8.87. The first-order valence-corrected chi connectivity index (χ1v) is 14.4. The van der Waals surface area contributed by atoms with Gasteiger partial charge in [-0.1, -0.05) is 42.5 Å². The summed E-state index contributed by atoms with van der Waals surface area (Å²) in [5.74, 6) is 3.83. The quantitative estimate of drug-likeness (QED) is 0.371. The highest BCUT2D eigenvalue weighted by molar-refractivity contribution is 8.02. The molecule has 1 unspecified atom stereocenters. The molecule has 0 spiro atoms. The summed E-state index contributed by atoms with van der Waals surface area (Å²) >= 11 is 0. The molecule has 202 valence electrons. The van der Waals surface area contributed by atoms with Crippen LogP contribution >= 0.6 is 0 Å². The molecule has 0 bridgehead atoms. The average molecular weight is 539 g/mol. The summed E-state index contributed by atoms with van der Waals surface area (Å²) in [5, 5.41) is 0. The van der Waals surface area contributed by atoms with Crippen LogP contribution in [0.5, 0.6) is 5.75 Å². The van der Waals surface area contributed by atoms with Crippen molar-refractivity contribution in [2.75, 3.05) is 40.0 Å². The van der Waals surface area contributed by atoms with Crippen LogP contribution in [0.3, 0.4) is 0 Å². The van der Waals surface area contributed by atoms with Crippen molar-refractivity contribution in [3.63, 3.8) is 0 Å². The molecule has 38 heavy (non-hydrogen) atoms. The number of methoxy groups -OCH3 is 1. The lowest BCUT2D eigenvalue weighted by atomic mass is 9.95. The zero-order valence-electron chi connectivity index (χ0n) is 21.7. The molecule has 0 radical (unpaired) electrons. The molecule has 1 fully saturated rings. The maximum Gasteiger partial charge on any atom is 0.236 e. The number of rotatable bonds is 11. The molecule has 0 aliphatic carbocycles. The first-order chi connectivity index (χ1) is 18.3. The largest absolute Gasteiger partial charge is 0.493 e. The van der Waals surface area contributed by atoms with Crippen molar-refractivity contribution in [2.45, 2.75) is 28.9 Å². The van der Waals surface area contributed by atoms with E-state index in [1.165, 1.54) is 6.07 Å². The van der Waals surface area contributed by atoms with Gasteiger partial charge in [0.15, 0.2) is 0 Å². The van der Waals surface area contributed by atoms with Crippen LogP contribution in [0.15, 0.2) is 77.7 Å². The van der Waals surface area contributed by atoms with Crippen LogP contribution in [0.2, 0.25) is 0 Å². The molecule has 0 aromatic heterocycles. The van der Waals surface area contributed by atoms with Gasteiger partial charge in [0.1, 0.15) is 16.3 Å². The maximum atomic E-state index is 14.2. The number of nitrogens with two attached hydrogens (primary N) is 1. The maximum absolute atomic E-state index is 14.2. The van der Waals surface area contributed by atoms with Crippen molar-refractivity contribution in [1.82, 2.24) is 4.90 Å². The van der Waals surface area contributed by atoms with E-state index < -0.39 is 20.2 Å². The monoisotopic (exact) mass is 538 g/mol. The van der Waals surface area contributed by atoms with Gasteiger partial charge in [0.25, 0.3) is 0 Å². The van der Waals surface area contributed by atoms with Crippen LogP contribution in [-0.4, -0.2) is 65.6 Å². The summed E-state index contributed by atoms with van der Waals surface area (Å²) in [6.45, 7) is 2.99. The molecular formula is C30H35FN2O4S. The highest BCUT2D eigenvalue weighted by atomic mass is 32.2. The number of hydrogen-bond acceptors (Lipinski definition) is 5. The van der Waals surface area contributed by atoms with Crippen LogP contribution < -0.4 is 10.5 Å². The Morgan fingerprint density at radius 2 is 1.76 bits per heavy atom. The second-order valence-corrected chi connectivity index (χ2v) is 12.2. The van der Waals surface area contributed by atoms with E-state index in [2.05, 4.69) is 10.8 Å². The van der Waals surface area contributed by atoms with E-state index >= 15 is 0 Å². The van der Waals surface area contributed by atoms with Crippen molar-refractivity contribution < 1.29 is 22.9 Å². The third-order valence-corrected chi connectivity index (χ3v) is 10.2. The number of carbonyl (C=O) groups is 1. The molecule has 6 nitrogen and oxygen atoms in total. The molecule has 4 rings (SSSR count). The Labute approximate surface area is 224 Å². The molecule has 1 heterocycles. The van der Waals surface area contributed by atoms with Gasteiger partial charge in [0, 0.05) is 53.1 Å². The number of primary amides is 1. The van der Waals surface area contributed by atoms with Gasteiger partial charge in [-0.15, -0.1) is 0 Å². The minimum absolute atomic E-state index is 0.252. The fourth-order valence-corrected chi connectivity index (χ4v) is 7.15. The van der Waals surface area contributed by atoms with Crippen LogP contribution in [-0.2, 0) is 25.5 Å². The van der Waals surface area contributed by atoms with Gasteiger partial charge >= 0.3 is 0 Å². The second-order valence-electron chi connectivity index (χ2n) is 9.62. The lowest BCUT2D eigenvalue weighted by molar-refractivity contribution is -0.121. The minimum Gasteiger partial charge on any atom is -0.493 e. The standard InChI is InChI=1S/C30H35FN2O4S/c1-36-21-19-33-17-15-30(16-18-33,29(32)34)38(2,35)26-12-10-25(11-13-26)37-20-14-23-6-5-7-24(22-23)27-8-3-4-9-28(27)31/h3-13,22H,2,14-21H2,1H3,(H2,32,34). The summed E-state index contributed by atoms with van der Waals surface area (Å²) in [6, 6.07) is 21.4. The molecule has 1 aliphatic heterocycles. The Balaban J connectivity index is 1.39. The molecule has 8 heteroatoms. The number of halogens is 1. The highest BCUT2D eigenvalue weighted by Crippen LogP contribution is 2.36. The van der Waals surface area contributed by atoms with E-state index in [9.17, 15) is 13.4 Å². The summed E-state index contributed by atoms with van der Waals surface area (Å²) in [7, 11) is -1.35. The average Bonchev–Trinajstić information content (AvgIpc) is 2.92. The highest BCUT2D eigenvalue weighted by Gasteiger charge is 2.47. The van der Waals surface area contributed by atoms with Crippen molar-refractivity contribution >= 4 is 21.3 Å². The van der Waals surface area contributed by atoms with Gasteiger partial charge in [-0.25, -0.2) is 4.39 Å². The van der Waals surface area contributed by atoms with Crippen LogP contribution in [0, 0.1) is 5.82 Å². The number of ether oxygens (including phenoxy) is 2. The first kappa shape index (κ1) is 27.8. The molecule has 1 atom stereocenters. The van der Waals surface area contributed by atoms with Gasteiger partial charge in [-0.05, 0) is 60.2 Å². The zero-order chi connectivity index (χ0) is 27.2. The van der Waals surface area contributed by atoms with E-state index in [0.29, 0.717) is 61.8 Å². The minimum atomic E-state index is -3.00. The predicted octanol–water partition coefficient (Wildman–Crippen LogP) is 4.16. The number of amides is 1. The molecule has 1 amide bonds. The molecule has 3 aromatic carbocycles. The Bertz CT molecular complexity index is 1350. The smallest absolute Gasteiger partial charge is 0.236 e. The van der Waals surface area contributed by atoms with Gasteiger partial charge in [0.05, 0.1) is 13.2 Å². The normalized spacial score (nSPS) is 17.0. The molecule has 3 aromatic rings. The summed E-state index contributed by atoms with van der Waals surface area (Å²) in [4.78, 5) is 15.3. The van der Waals surface area contributed by atoms with Crippen molar-refractivity contribution in [1.29, 1.82) is 0 Å². The molecule has 2 N–H and O–H groups in total. The van der Waals surface area contributed by atoms with Gasteiger partial charge in [0.2, 0.25) is 5.91 Å². The summed E-state index contributed by atoms with van der Waals surface area (Å²) in [6.07, 6.45) is 1.41. The topological polar surface area (TPSA) is 81.9 Å². The second kappa shape index (κ2) is 12.1. The van der Waals surface area contributed by atoms with Crippen LogP contribution in [0.4, 0.5) is 4.39 Å². The third-order valence-electron chi connectivity index (χ3n) is 7.33. The van der Waals surface area contributed by atoms with Gasteiger partial charge in [-0.3, -0.25) is 9.00 Å². The number of nitrogens with zero attached hydrogens (tertiary/aromatic N) is 1. The Morgan fingerprint density at radius 1 is 1.05 bits per heavy atom. The number of piperidine rings is 1. The number of likely N-dealkylation sites (tertiary alicyclic amines) is 1. The number of hydrogen-bond donors (Lipinski definition) is 1. The number of benzene rings is 3. The lowest BCUT2D eigenvalue weighted by Crippen LogP contribution is -2.57. The van der Waals surface area contributed by atoms with Crippen molar-refractivity contribution in [3.05, 3.63) is 84.2 Å². The first-order valence-electron chi connectivity index (χ1n) is 12.7. The van der Waals surface area contributed by atoms with Crippen molar-refractivity contribution in [2.24, 2.45) is 5.73 Å². The molecule has 1 aliphatic rings. The lowest BCUT2D eigenvalue weighted by Gasteiger charge is -2.41. The fourth-order valence-electron chi connectivity index (χ4n) is 4.95. The summed E-state index contributed by atoms with van der Waals surface area (Å²) in [5.41, 5.74) is 8.25. The molecular weight excluding hydrogens is 503 g/mol.